The van der Waals surface area contributed by atoms with Gasteiger partial charge in [-0.2, -0.15) is 0 Å². The number of Topliss-reactive ketones (excluding diaryl/α,β-unsaturated/α-hetero) is 1. The van der Waals surface area contributed by atoms with Crippen molar-refractivity contribution in [3.8, 4) is 11.5 Å². The molecule has 5 aliphatic rings. The molecular weight excluding hydrogens is 442 g/mol. The fraction of sp³-hybridized carbons (Fsp3) is 0.640. The molecule has 9 nitrogen and oxygen atoms in total. The second-order valence-corrected chi connectivity index (χ2v) is 10.9. The molecule has 184 valence electrons. The largest absolute Gasteiger partial charge is 0.506 e. The van der Waals surface area contributed by atoms with Crippen LogP contribution in [-0.2, 0) is 19.1 Å². The van der Waals surface area contributed by atoms with Crippen molar-refractivity contribution in [2.75, 3.05) is 12.4 Å². The summed E-state index contributed by atoms with van der Waals surface area (Å²) in [6.07, 6.45) is 1.90. The van der Waals surface area contributed by atoms with E-state index in [1.165, 1.54) is 12.1 Å². The maximum absolute atomic E-state index is 13.2. The van der Waals surface area contributed by atoms with Crippen LogP contribution >= 0.6 is 0 Å². The fourth-order valence-electron chi connectivity index (χ4n) is 7.64. The fourth-order valence-corrected chi connectivity index (χ4v) is 7.64. The Balaban J connectivity index is 1.36. The van der Waals surface area contributed by atoms with Crippen LogP contribution in [0.1, 0.15) is 62.7 Å². The van der Waals surface area contributed by atoms with Crippen molar-refractivity contribution in [1.29, 1.82) is 0 Å². The number of hydrogen-bond acceptors (Lipinski definition) is 8. The Hall–Kier alpha value is -2.65. The van der Waals surface area contributed by atoms with Crippen LogP contribution in [-0.4, -0.2) is 57.9 Å². The summed E-state index contributed by atoms with van der Waals surface area (Å²) in [4.78, 5) is 37.9. The van der Waals surface area contributed by atoms with Gasteiger partial charge in [0.15, 0.2) is 5.75 Å². The normalized spacial score (nSPS) is 39.7. The minimum Gasteiger partial charge on any atom is -0.506 e. The number of anilines is 1. The lowest BCUT2D eigenvalue weighted by atomic mass is 9.47. The van der Waals surface area contributed by atoms with Gasteiger partial charge in [0.25, 0.3) is 0 Å². The Morgan fingerprint density at radius 1 is 1.26 bits per heavy atom. The number of aliphatic hydroxyl groups is 1. The third kappa shape index (κ3) is 3.02. The Morgan fingerprint density at radius 2 is 2.00 bits per heavy atom. The molecule has 7 atom stereocenters. The summed E-state index contributed by atoms with van der Waals surface area (Å²) < 4.78 is 11.0. The van der Waals surface area contributed by atoms with Crippen molar-refractivity contribution in [1.82, 2.24) is 0 Å². The van der Waals surface area contributed by atoms with E-state index in [0.717, 1.165) is 26.4 Å². The number of ketones is 1. The van der Waals surface area contributed by atoms with Crippen molar-refractivity contribution in [3.63, 3.8) is 0 Å². The predicted octanol–water partition coefficient (Wildman–Crippen LogP) is 2.52. The zero-order chi connectivity index (χ0) is 24.6. The van der Waals surface area contributed by atoms with Crippen LogP contribution < -0.4 is 5.32 Å². The number of amides is 1. The summed E-state index contributed by atoms with van der Waals surface area (Å²) in [6, 6.07) is 2.38. The Morgan fingerprint density at radius 3 is 2.68 bits per heavy atom. The molecule has 4 N–H and O–H groups in total. The second-order valence-electron chi connectivity index (χ2n) is 10.9. The molecule has 1 aromatic carbocycles. The highest BCUT2D eigenvalue weighted by atomic mass is 16.5. The highest BCUT2D eigenvalue weighted by Gasteiger charge is 2.75. The first-order chi connectivity index (χ1) is 15.9. The molecule has 1 aromatic rings. The van der Waals surface area contributed by atoms with Crippen LogP contribution in [0, 0.1) is 22.7 Å². The third-order valence-corrected chi connectivity index (χ3v) is 9.16. The highest BCUT2D eigenvalue weighted by molar-refractivity contribution is 6.00. The van der Waals surface area contributed by atoms with Crippen LogP contribution in [0.25, 0.3) is 0 Å². The van der Waals surface area contributed by atoms with Gasteiger partial charge in [0.1, 0.15) is 22.8 Å². The van der Waals surface area contributed by atoms with E-state index in [1.54, 1.807) is 0 Å². The third-order valence-electron chi connectivity index (χ3n) is 9.16. The topological polar surface area (TPSA) is 142 Å². The number of carbonyl (C=O) groups excluding carboxylic acids is 3. The monoisotopic (exact) mass is 473 g/mol. The lowest BCUT2D eigenvalue weighted by Gasteiger charge is -2.59. The molecule has 1 spiro atoms. The van der Waals surface area contributed by atoms with Crippen molar-refractivity contribution in [3.05, 3.63) is 17.7 Å². The number of rotatable bonds is 5. The first kappa shape index (κ1) is 23.1. The zero-order valence-electron chi connectivity index (χ0n) is 19.6. The van der Waals surface area contributed by atoms with Crippen molar-refractivity contribution in [2.24, 2.45) is 22.7 Å². The van der Waals surface area contributed by atoms with Crippen LogP contribution in [0.2, 0.25) is 0 Å². The van der Waals surface area contributed by atoms with Gasteiger partial charge >= 0.3 is 5.97 Å². The van der Waals surface area contributed by atoms with E-state index in [0.29, 0.717) is 5.92 Å². The number of esters is 1. The lowest BCUT2D eigenvalue weighted by Crippen LogP contribution is -2.63. The number of aliphatic hydroxyl groups excluding tert-OH is 1. The van der Waals surface area contributed by atoms with E-state index in [9.17, 15) is 29.7 Å². The van der Waals surface area contributed by atoms with Gasteiger partial charge < -0.3 is 30.1 Å². The summed E-state index contributed by atoms with van der Waals surface area (Å²) in [5.74, 6) is -2.15. The maximum atomic E-state index is 13.2. The smallest absolute Gasteiger partial charge is 0.341 e. The molecule has 7 unspecified atom stereocenters. The van der Waals surface area contributed by atoms with Crippen molar-refractivity contribution in [2.45, 2.75) is 70.2 Å². The SMILES string of the molecule is COC(=O)c1ccc(O)c(NC(=O)CCC2(C)C(=O)CC(O)C34CC5CC(OC5(C)C3)C24)c1O. The van der Waals surface area contributed by atoms with Gasteiger partial charge in [-0.3, -0.25) is 9.59 Å². The van der Waals surface area contributed by atoms with Gasteiger partial charge in [0.05, 0.1) is 24.9 Å². The molecule has 2 heterocycles. The zero-order valence-corrected chi connectivity index (χ0v) is 19.6. The van der Waals surface area contributed by atoms with Gasteiger partial charge in [-0.1, -0.05) is 6.92 Å². The molecule has 2 saturated heterocycles. The first-order valence-corrected chi connectivity index (χ1v) is 11.8. The molecule has 0 radical (unpaired) electrons. The Labute approximate surface area is 197 Å². The molecule has 5 fully saturated rings. The molecular formula is C25H31NO8. The molecule has 6 rings (SSSR count). The van der Waals surface area contributed by atoms with Gasteiger partial charge in [-0.15, -0.1) is 0 Å². The van der Waals surface area contributed by atoms with E-state index < -0.39 is 34.9 Å². The van der Waals surface area contributed by atoms with Crippen molar-refractivity contribution >= 4 is 23.3 Å². The summed E-state index contributed by atoms with van der Waals surface area (Å²) in [6.45, 7) is 3.99. The van der Waals surface area contributed by atoms with Crippen LogP contribution in [0.5, 0.6) is 11.5 Å². The molecule has 1 amide bonds. The number of ether oxygens (including phenoxy) is 2. The van der Waals surface area contributed by atoms with Crippen LogP contribution in [0.4, 0.5) is 5.69 Å². The molecule has 4 bridgehead atoms. The van der Waals surface area contributed by atoms with Gasteiger partial charge in [-0.25, -0.2) is 4.79 Å². The van der Waals surface area contributed by atoms with Crippen LogP contribution in [0.15, 0.2) is 12.1 Å². The van der Waals surface area contributed by atoms with E-state index in [1.807, 2.05) is 6.92 Å². The number of aromatic hydroxyl groups is 2. The van der Waals surface area contributed by atoms with E-state index in [-0.39, 0.29) is 59.3 Å². The van der Waals surface area contributed by atoms with Crippen molar-refractivity contribution < 1.29 is 39.2 Å². The highest BCUT2D eigenvalue weighted by Crippen LogP contribution is 2.73. The lowest BCUT2D eigenvalue weighted by molar-refractivity contribution is -0.218. The van der Waals surface area contributed by atoms with Gasteiger partial charge in [0.2, 0.25) is 5.91 Å². The first-order valence-electron chi connectivity index (χ1n) is 11.8. The number of carbonyl (C=O) groups is 3. The molecule has 34 heavy (non-hydrogen) atoms. The van der Waals surface area contributed by atoms with Crippen LogP contribution in [0.3, 0.4) is 0 Å². The second kappa shape index (κ2) is 7.42. The summed E-state index contributed by atoms with van der Waals surface area (Å²) in [5.41, 5.74) is -1.93. The maximum Gasteiger partial charge on any atom is 0.341 e. The molecule has 3 saturated carbocycles. The quantitative estimate of drug-likeness (QED) is 0.377. The number of methoxy groups -OCH3 is 1. The van der Waals surface area contributed by atoms with E-state index in [4.69, 9.17) is 4.74 Å². The van der Waals surface area contributed by atoms with E-state index >= 15 is 0 Å². The Kier molecular flexibility index (Phi) is 5.04. The number of hydrogen-bond donors (Lipinski definition) is 4. The summed E-state index contributed by atoms with van der Waals surface area (Å²) in [7, 11) is 1.16. The van der Waals surface area contributed by atoms with Gasteiger partial charge in [0, 0.05) is 29.6 Å². The molecule has 3 aliphatic carbocycles. The van der Waals surface area contributed by atoms with Gasteiger partial charge in [-0.05, 0) is 50.7 Å². The summed E-state index contributed by atoms with van der Waals surface area (Å²) in [5, 5.41) is 34.0. The van der Waals surface area contributed by atoms with E-state index in [2.05, 4.69) is 17.0 Å². The average molecular weight is 474 g/mol. The molecule has 0 aromatic heterocycles. The summed E-state index contributed by atoms with van der Waals surface area (Å²) >= 11 is 0. The minimum absolute atomic E-state index is 0.0420. The number of nitrogens with one attached hydrogen (secondary N) is 1. The molecule has 9 heteroatoms. The standard InChI is InChI=1S/C25H31NO8/c1-23(7-6-18(30)26-19-14(27)5-4-13(20(19)31)22(32)33-3)16(28)9-17(29)25-10-12-8-15(21(23)25)34-24(12,2)11-25/h4-5,12,15,17,21,27,29,31H,6-11H2,1-3H3,(H,26,30). The molecule has 2 aliphatic heterocycles. The average Bonchev–Trinajstić information content (AvgIpc) is 3.15. The number of phenolic OH excluding ortho intramolecular Hbond substituents is 2. The minimum atomic E-state index is -0.837. The number of phenols is 2. The predicted molar refractivity (Wildman–Crippen MR) is 119 cm³/mol. The number of benzene rings is 1. The Bertz CT molecular complexity index is 1090.